The molecule has 0 unspecified atom stereocenters. The van der Waals surface area contributed by atoms with E-state index >= 15 is 0 Å². The molecule has 0 amide bonds. The molecule has 100 valence electrons. The molecule has 3 N–H and O–H groups in total. The lowest BCUT2D eigenvalue weighted by molar-refractivity contribution is 0.601. The fourth-order valence-corrected chi connectivity index (χ4v) is 2.76. The summed E-state index contributed by atoms with van der Waals surface area (Å²) in [4.78, 5) is 3.49. The van der Waals surface area contributed by atoms with Crippen molar-refractivity contribution < 1.29 is 12.8 Å². The Kier molecular flexibility index (Phi) is 3.59. The van der Waals surface area contributed by atoms with Crippen LogP contribution in [0.25, 0.3) is 0 Å². The van der Waals surface area contributed by atoms with E-state index in [1.54, 1.807) is 0 Å². The maximum atomic E-state index is 13.1. The molecular formula is C11H9ClFN3O2S. The standard InChI is InChI=1S/C11H9ClFN3O2S/c12-8-2-1-7(13)5-10(8)16-19(17,18)11-6-15-4-3-9(11)14/h1-6,16H,(H2,14,15). The molecule has 2 aromatic rings. The van der Waals surface area contributed by atoms with E-state index in [1.807, 2.05) is 0 Å². The summed E-state index contributed by atoms with van der Waals surface area (Å²) in [6.45, 7) is 0. The van der Waals surface area contributed by atoms with Crippen molar-refractivity contribution in [2.45, 2.75) is 4.90 Å². The zero-order chi connectivity index (χ0) is 14.0. The van der Waals surface area contributed by atoms with Gasteiger partial charge in [-0.3, -0.25) is 9.71 Å². The molecule has 8 heteroatoms. The highest BCUT2D eigenvalue weighted by molar-refractivity contribution is 7.92. The quantitative estimate of drug-likeness (QED) is 0.910. The van der Waals surface area contributed by atoms with Crippen LogP contribution in [0.1, 0.15) is 0 Å². The first-order valence-electron chi connectivity index (χ1n) is 5.07. The number of halogens is 2. The summed E-state index contributed by atoms with van der Waals surface area (Å²) >= 11 is 5.79. The number of nitrogens with two attached hydrogens (primary N) is 1. The molecule has 19 heavy (non-hydrogen) atoms. The van der Waals surface area contributed by atoms with Crippen molar-refractivity contribution in [2.75, 3.05) is 10.5 Å². The van der Waals surface area contributed by atoms with Gasteiger partial charge in [0.1, 0.15) is 10.7 Å². The fraction of sp³-hybridized carbons (Fsp3) is 0. The third-order valence-corrected chi connectivity index (χ3v) is 4.02. The number of hydrogen-bond acceptors (Lipinski definition) is 4. The highest BCUT2D eigenvalue weighted by Crippen LogP contribution is 2.26. The molecular weight excluding hydrogens is 293 g/mol. The minimum atomic E-state index is -3.97. The van der Waals surface area contributed by atoms with Gasteiger partial charge in [0.15, 0.2) is 0 Å². The van der Waals surface area contributed by atoms with Gasteiger partial charge in [0.25, 0.3) is 10.0 Å². The van der Waals surface area contributed by atoms with Gasteiger partial charge in [-0.15, -0.1) is 0 Å². The first kappa shape index (κ1) is 13.6. The van der Waals surface area contributed by atoms with Gasteiger partial charge in [-0.05, 0) is 24.3 Å². The number of benzene rings is 1. The molecule has 0 atom stereocenters. The summed E-state index contributed by atoms with van der Waals surface area (Å²) in [5.74, 6) is -0.610. The van der Waals surface area contributed by atoms with Crippen LogP contribution in [0.15, 0.2) is 41.6 Å². The molecule has 0 saturated heterocycles. The van der Waals surface area contributed by atoms with Gasteiger partial charge in [-0.2, -0.15) is 0 Å². The number of nitrogen functional groups attached to an aromatic ring is 1. The third-order valence-electron chi connectivity index (χ3n) is 2.28. The fourth-order valence-electron chi connectivity index (χ4n) is 1.39. The Labute approximate surface area is 114 Å². The van der Waals surface area contributed by atoms with E-state index in [0.29, 0.717) is 0 Å². The van der Waals surface area contributed by atoms with Gasteiger partial charge in [-0.1, -0.05) is 11.6 Å². The van der Waals surface area contributed by atoms with E-state index in [0.717, 1.165) is 18.3 Å². The predicted molar refractivity (Wildman–Crippen MR) is 70.9 cm³/mol. The first-order valence-corrected chi connectivity index (χ1v) is 6.93. The summed E-state index contributed by atoms with van der Waals surface area (Å²) in [5, 5.41) is 0.0763. The van der Waals surface area contributed by atoms with Crippen LogP contribution in [0, 0.1) is 5.82 Å². The molecule has 0 aliphatic rings. The maximum Gasteiger partial charge on any atom is 0.265 e. The van der Waals surface area contributed by atoms with Gasteiger partial charge in [0.05, 0.1) is 16.4 Å². The average Bonchev–Trinajstić information content (AvgIpc) is 2.34. The molecule has 2 rings (SSSR count). The molecule has 0 fully saturated rings. The topological polar surface area (TPSA) is 85.1 Å². The monoisotopic (exact) mass is 301 g/mol. The molecule has 5 nitrogen and oxygen atoms in total. The first-order chi connectivity index (χ1) is 8.90. The van der Waals surface area contributed by atoms with Crippen molar-refractivity contribution in [3.05, 3.63) is 47.5 Å². The molecule has 0 aliphatic carbocycles. The van der Waals surface area contributed by atoms with Crippen LogP contribution in [0.2, 0.25) is 5.02 Å². The third kappa shape index (κ3) is 2.94. The number of hydrogen-bond donors (Lipinski definition) is 2. The molecule has 0 aliphatic heterocycles. The van der Waals surface area contributed by atoms with Crippen LogP contribution in [-0.4, -0.2) is 13.4 Å². The zero-order valence-electron chi connectivity index (χ0n) is 9.47. The van der Waals surface area contributed by atoms with Crippen LogP contribution in [0.3, 0.4) is 0 Å². The second-order valence-electron chi connectivity index (χ2n) is 3.64. The normalized spacial score (nSPS) is 11.3. The van der Waals surface area contributed by atoms with E-state index in [2.05, 4.69) is 9.71 Å². The van der Waals surface area contributed by atoms with Crippen LogP contribution in [0.5, 0.6) is 0 Å². The van der Waals surface area contributed by atoms with Gasteiger partial charge in [-0.25, -0.2) is 12.8 Å². The van der Waals surface area contributed by atoms with E-state index in [-0.39, 0.29) is 21.3 Å². The second-order valence-corrected chi connectivity index (χ2v) is 5.70. The van der Waals surface area contributed by atoms with Crippen LogP contribution >= 0.6 is 11.6 Å². The molecule has 1 aromatic heterocycles. The largest absolute Gasteiger partial charge is 0.398 e. The van der Waals surface area contributed by atoms with Crippen molar-refractivity contribution in [3.63, 3.8) is 0 Å². The van der Waals surface area contributed by atoms with Crippen molar-refractivity contribution >= 4 is 33.0 Å². The average molecular weight is 302 g/mol. The lowest BCUT2D eigenvalue weighted by atomic mass is 10.3. The highest BCUT2D eigenvalue weighted by Gasteiger charge is 2.19. The van der Waals surface area contributed by atoms with E-state index in [1.165, 1.54) is 18.3 Å². The van der Waals surface area contributed by atoms with E-state index in [4.69, 9.17) is 17.3 Å². The number of sulfonamides is 1. The van der Waals surface area contributed by atoms with Crippen molar-refractivity contribution in [1.29, 1.82) is 0 Å². The molecule has 0 saturated carbocycles. The summed E-state index contributed by atoms with van der Waals surface area (Å²) in [7, 11) is -3.97. The van der Waals surface area contributed by atoms with Crippen LogP contribution < -0.4 is 10.5 Å². The molecule has 0 spiro atoms. The van der Waals surface area contributed by atoms with Crippen molar-refractivity contribution in [1.82, 2.24) is 4.98 Å². The lowest BCUT2D eigenvalue weighted by Gasteiger charge is -2.10. The zero-order valence-corrected chi connectivity index (χ0v) is 11.0. The number of anilines is 2. The summed E-state index contributed by atoms with van der Waals surface area (Å²) in [6, 6.07) is 4.70. The smallest absolute Gasteiger partial charge is 0.265 e. The van der Waals surface area contributed by atoms with Crippen molar-refractivity contribution in [3.8, 4) is 0 Å². The number of nitrogens with zero attached hydrogens (tertiary/aromatic N) is 1. The van der Waals surface area contributed by atoms with Crippen LogP contribution in [-0.2, 0) is 10.0 Å². The molecule has 1 heterocycles. The number of aromatic nitrogens is 1. The minimum absolute atomic E-state index is 0.0371. The second kappa shape index (κ2) is 5.02. The Hall–Kier alpha value is -1.86. The Balaban J connectivity index is 2.43. The summed E-state index contributed by atoms with van der Waals surface area (Å²) in [5.41, 5.74) is 5.53. The Morgan fingerprint density at radius 2 is 2.05 bits per heavy atom. The summed E-state index contributed by atoms with van der Waals surface area (Å²) < 4.78 is 39.4. The molecule has 0 bridgehead atoms. The Morgan fingerprint density at radius 1 is 1.32 bits per heavy atom. The summed E-state index contributed by atoms with van der Waals surface area (Å²) in [6.07, 6.45) is 2.47. The molecule has 1 aromatic carbocycles. The Morgan fingerprint density at radius 3 is 2.74 bits per heavy atom. The lowest BCUT2D eigenvalue weighted by Crippen LogP contribution is -2.15. The van der Waals surface area contributed by atoms with Crippen molar-refractivity contribution in [2.24, 2.45) is 0 Å². The van der Waals surface area contributed by atoms with E-state index in [9.17, 15) is 12.8 Å². The SMILES string of the molecule is Nc1ccncc1S(=O)(=O)Nc1cc(F)ccc1Cl. The predicted octanol–water partition coefficient (Wildman–Crippen LogP) is 2.26. The van der Waals surface area contributed by atoms with Gasteiger partial charge >= 0.3 is 0 Å². The van der Waals surface area contributed by atoms with Gasteiger partial charge in [0.2, 0.25) is 0 Å². The van der Waals surface area contributed by atoms with E-state index < -0.39 is 15.8 Å². The minimum Gasteiger partial charge on any atom is -0.398 e. The highest BCUT2D eigenvalue weighted by atomic mass is 35.5. The van der Waals surface area contributed by atoms with Crippen LogP contribution in [0.4, 0.5) is 15.8 Å². The molecule has 0 radical (unpaired) electrons. The van der Waals surface area contributed by atoms with Gasteiger partial charge < -0.3 is 5.73 Å². The number of nitrogens with one attached hydrogen (secondary N) is 1. The van der Waals surface area contributed by atoms with Gasteiger partial charge in [0, 0.05) is 12.4 Å². The number of rotatable bonds is 3. The number of pyridine rings is 1. The maximum absolute atomic E-state index is 13.1. The Bertz CT molecular complexity index is 722.